The number of hydrogen-bond acceptors (Lipinski definition) is 4. The molecule has 0 radical (unpaired) electrons. The molecule has 0 saturated carbocycles. The lowest BCUT2D eigenvalue weighted by atomic mass is 10.2. The first kappa shape index (κ1) is 15.7. The topological polar surface area (TPSA) is 44.1 Å². The third-order valence-corrected chi connectivity index (χ3v) is 4.69. The summed E-state index contributed by atoms with van der Waals surface area (Å²) in [5.74, 6) is 1.64. The van der Waals surface area contributed by atoms with Crippen molar-refractivity contribution >= 4 is 21.6 Å². The lowest BCUT2D eigenvalue weighted by Gasteiger charge is -2.10. The van der Waals surface area contributed by atoms with E-state index in [1.165, 1.54) is 5.56 Å². The molecule has 0 atom stereocenters. The Morgan fingerprint density at radius 1 is 1.22 bits per heavy atom. The van der Waals surface area contributed by atoms with E-state index < -0.39 is 0 Å². The molecule has 1 aromatic carbocycles. The molecule has 0 saturated heterocycles. The summed E-state index contributed by atoms with van der Waals surface area (Å²) in [4.78, 5) is 19.1. The van der Waals surface area contributed by atoms with Crippen LogP contribution in [0.3, 0.4) is 0 Å². The van der Waals surface area contributed by atoms with E-state index in [4.69, 9.17) is 4.74 Å². The van der Waals surface area contributed by atoms with Crippen LogP contribution >= 0.6 is 11.3 Å². The number of thiophene rings is 1. The molecule has 3 rings (SSSR count). The summed E-state index contributed by atoms with van der Waals surface area (Å²) in [6.07, 6.45) is 0.769. The van der Waals surface area contributed by atoms with E-state index >= 15 is 0 Å². The van der Waals surface area contributed by atoms with Gasteiger partial charge in [0.2, 0.25) is 0 Å². The van der Waals surface area contributed by atoms with E-state index in [1.807, 2.05) is 51.1 Å². The van der Waals surface area contributed by atoms with Crippen molar-refractivity contribution in [2.75, 3.05) is 6.61 Å². The van der Waals surface area contributed by atoms with Crippen molar-refractivity contribution in [3.63, 3.8) is 0 Å². The van der Waals surface area contributed by atoms with Crippen molar-refractivity contribution in [3.05, 3.63) is 57.0 Å². The molecule has 0 fully saturated rings. The number of rotatable bonds is 5. The zero-order chi connectivity index (χ0) is 16.4. The summed E-state index contributed by atoms with van der Waals surface area (Å²) >= 11 is 1.57. The first-order chi connectivity index (χ1) is 11.0. The van der Waals surface area contributed by atoms with Crippen LogP contribution in [0.25, 0.3) is 10.2 Å². The first-order valence-corrected chi connectivity index (χ1v) is 8.53. The molecule has 2 aromatic heterocycles. The molecule has 2 heterocycles. The fourth-order valence-electron chi connectivity index (χ4n) is 2.62. The van der Waals surface area contributed by atoms with Crippen molar-refractivity contribution in [3.8, 4) is 5.75 Å². The van der Waals surface area contributed by atoms with Crippen LogP contribution in [0, 0.1) is 20.8 Å². The highest BCUT2D eigenvalue weighted by Gasteiger charge is 2.10. The van der Waals surface area contributed by atoms with Crippen molar-refractivity contribution < 1.29 is 4.74 Å². The van der Waals surface area contributed by atoms with Gasteiger partial charge in [-0.1, -0.05) is 12.1 Å². The summed E-state index contributed by atoms with van der Waals surface area (Å²) in [7, 11) is 0. The van der Waals surface area contributed by atoms with E-state index in [0.717, 1.165) is 33.1 Å². The molecule has 0 bridgehead atoms. The average molecular weight is 328 g/mol. The Morgan fingerprint density at radius 3 is 2.83 bits per heavy atom. The minimum atomic E-state index is 0.0485. The molecule has 0 spiro atoms. The highest BCUT2D eigenvalue weighted by Crippen LogP contribution is 2.20. The van der Waals surface area contributed by atoms with Crippen LogP contribution in [-0.2, 0) is 6.54 Å². The van der Waals surface area contributed by atoms with Gasteiger partial charge >= 0.3 is 0 Å². The minimum Gasteiger partial charge on any atom is -0.494 e. The quantitative estimate of drug-likeness (QED) is 0.668. The van der Waals surface area contributed by atoms with E-state index in [-0.39, 0.29) is 5.56 Å². The Labute approximate surface area is 139 Å². The predicted molar refractivity (Wildman–Crippen MR) is 94.6 cm³/mol. The van der Waals surface area contributed by atoms with Gasteiger partial charge in [-0.25, -0.2) is 4.98 Å². The molecular formula is C18H20N2O2S. The average Bonchev–Trinajstić information content (AvgIpc) is 2.87. The van der Waals surface area contributed by atoms with Crippen LogP contribution in [0.1, 0.15) is 22.7 Å². The van der Waals surface area contributed by atoms with Crippen LogP contribution in [0.4, 0.5) is 0 Å². The second-order valence-electron chi connectivity index (χ2n) is 5.71. The van der Waals surface area contributed by atoms with Crippen LogP contribution in [0.2, 0.25) is 0 Å². The van der Waals surface area contributed by atoms with Crippen molar-refractivity contribution in [1.29, 1.82) is 0 Å². The van der Waals surface area contributed by atoms with Gasteiger partial charge in [-0.3, -0.25) is 9.36 Å². The van der Waals surface area contributed by atoms with Gasteiger partial charge in [0.1, 0.15) is 16.4 Å². The Hall–Kier alpha value is -2.14. The molecule has 4 nitrogen and oxygen atoms in total. The van der Waals surface area contributed by atoms with Gasteiger partial charge in [-0.2, -0.15) is 0 Å². The van der Waals surface area contributed by atoms with Gasteiger partial charge in [-0.05, 0) is 51.0 Å². The van der Waals surface area contributed by atoms with Crippen molar-refractivity contribution in [2.45, 2.75) is 33.7 Å². The summed E-state index contributed by atoms with van der Waals surface area (Å²) in [5.41, 5.74) is 1.23. The number of nitrogens with zero attached hydrogens (tertiary/aromatic N) is 2. The zero-order valence-corrected chi connectivity index (χ0v) is 14.4. The molecular weight excluding hydrogens is 308 g/mol. The van der Waals surface area contributed by atoms with Crippen LogP contribution in [-0.4, -0.2) is 16.2 Å². The summed E-state index contributed by atoms with van der Waals surface area (Å²) in [6, 6.07) is 9.91. The zero-order valence-electron chi connectivity index (χ0n) is 13.6. The molecule has 0 aliphatic heterocycles. The Morgan fingerprint density at radius 2 is 2.04 bits per heavy atom. The molecule has 0 aliphatic rings. The summed E-state index contributed by atoms with van der Waals surface area (Å²) < 4.78 is 7.49. The van der Waals surface area contributed by atoms with E-state index in [1.54, 1.807) is 15.9 Å². The third-order valence-electron chi connectivity index (χ3n) is 3.75. The molecule has 0 aliphatic carbocycles. The number of aromatic nitrogens is 2. The molecule has 0 amide bonds. The highest BCUT2D eigenvalue weighted by molar-refractivity contribution is 7.18. The minimum absolute atomic E-state index is 0.0485. The molecule has 0 unspecified atom stereocenters. The molecule has 5 heteroatoms. The molecule has 3 aromatic rings. The Balaban J connectivity index is 1.68. The maximum Gasteiger partial charge on any atom is 0.262 e. The van der Waals surface area contributed by atoms with E-state index in [2.05, 4.69) is 4.98 Å². The monoisotopic (exact) mass is 328 g/mol. The standard InChI is InChI=1S/C18H20N2O2S/c1-12-6-4-7-15(10-12)22-9-5-8-20-14(3)19-17-16(18(20)21)11-13(2)23-17/h4,6-7,10-11H,5,8-9H2,1-3H3. The van der Waals surface area contributed by atoms with E-state index in [0.29, 0.717) is 13.2 Å². The smallest absolute Gasteiger partial charge is 0.262 e. The van der Waals surface area contributed by atoms with Gasteiger partial charge in [0.25, 0.3) is 5.56 Å². The number of hydrogen-bond donors (Lipinski definition) is 0. The largest absolute Gasteiger partial charge is 0.494 e. The summed E-state index contributed by atoms with van der Waals surface area (Å²) in [6.45, 7) is 7.13. The van der Waals surface area contributed by atoms with E-state index in [9.17, 15) is 4.79 Å². The molecule has 0 N–H and O–H groups in total. The van der Waals surface area contributed by atoms with Gasteiger partial charge in [0.05, 0.1) is 12.0 Å². The third kappa shape index (κ3) is 3.45. The number of benzene rings is 1. The number of ether oxygens (including phenoxy) is 1. The maximum absolute atomic E-state index is 12.6. The first-order valence-electron chi connectivity index (χ1n) is 7.71. The van der Waals surface area contributed by atoms with Crippen molar-refractivity contribution in [1.82, 2.24) is 9.55 Å². The molecule has 120 valence electrons. The normalized spacial score (nSPS) is 11.1. The predicted octanol–water partition coefficient (Wildman–Crippen LogP) is 3.85. The molecule has 23 heavy (non-hydrogen) atoms. The van der Waals surface area contributed by atoms with Gasteiger partial charge in [0.15, 0.2) is 0 Å². The summed E-state index contributed by atoms with van der Waals surface area (Å²) in [5, 5.41) is 0.720. The van der Waals surface area contributed by atoms with Crippen molar-refractivity contribution in [2.24, 2.45) is 0 Å². The Bertz CT molecular complexity index is 896. The fraction of sp³-hybridized carbons (Fsp3) is 0.333. The SMILES string of the molecule is Cc1cccc(OCCCn2c(C)nc3sc(C)cc3c2=O)c1. The van der Waals surface area contributed by atoms with Gasteiger partial charge in [0, 0.05) is 11.4 Å². The highest BCUT2D eigenvalue weighted by atomic mass is 32.1. The number of aryl methyl sites for hydroxylation is 3. The maximum atomic E-state index is 12.6. The lowest BCUT2D eigenvalue weighted by molar-refractivity contribution is 0.300. The fourth-order valence-corrected chi connectivity index (χ4v) is 3.53. The Kier molecular flexibility index (Phi) is 4.48. The lowest BCUT2D eigenvalue weighted by Crippen LogP contribution is -2.24. The van der Waals surface area contributed by atoms with Gasteiger partial charge in [-0.15, -0.1) is 11.3 Å². The van der Waals surface area contributed by atoms with Gasteiger partial charge < -0.3 is 4.74 Å². The number of fused-ring (bicyclic) bond motifs is 1. The van der Waals surface area contributed by atoms with Crippen LogP contribution in [0.5, 0.6) is 5.75 Å². The second kappa shape index (κ2) is 6.54. The van der Waals surface area contributed by atoms with Crippen LogP contribution < -0.4 is 10.3 Å². The second-order valence-corrected chi connectivity index (χ2v) is 6.94. The van der Waals surface area contributed by atoms with Crippen LogP contribution in [0.15, 0.2) is 35.1 Å².